The quantitative estimate of drug-likeness (QED) is 0.578. The molecule has 1 aromatic carbocycles. The van der Waals surface area contributed by atoms with Gasteiger partial charge in [-0.05, 0) is 43.5 Å². The van der Waals surface area contributed by atoms with Crippen LogP contribution in [0.1, 0.15) is 48.4 Å². The molecule has 0 atom stereocenters. The van der Waals surface area contributed by atoms with Crippen molar-refractivity contribution in [2.24, 2.45) is 5.10 Å². The van der Waals surface area contributed by atoms with Crippen molar-refractivity contribution in [3.8, 4) is 0 Å². The standard InChI is InChI=1S/C18H25N5O/c1-4-10-23(11-5-2)16-8-6-15(7-9-16)13-19-22-18(24)17-12-14(3)20-21-17/h6-9,12-13H,4-5,10-11H2,1-3H3,(H,20,21)(H,22,24)/b19-13-. The minimum absolute atomic E-state index is 0.328. The highest BCUT2D eigenvalue weighted by molar-refractivity contribution is 5.93. The molecule has 0 aliphatic rings. The topological polar surface area (TPSA) is 73.4 Å². The minimum atomic E-state index is -0.329. The molecule has 0 fully saturated rings. The lowest BCUT2D eigenvalue weighted by atomic mass is 10.2. The number of amides is 1. The molecule has 0 saturated heterocycles. The van der Waals surface area contributed by atoms with Gasteiger partial charge in [0.15, 0.2) is 5.69 Å². The number of aromatic nitrogens is 2. The van der Waals surface area contributed by atoms with E-state index in [1.807, 2.05) is 19.1 Å². The first-order valence-electron chi connectivity index (χ1n) is 8.34. The monoisotopic (exact) mass is 327 g/mol. The Morgan fingerprint density at radius 1 is 1.25 bits per heavy atom. The van der Waals surface area contributed by atoms with E-state index in [9.17, 15) is 4.79 Å². The third kappa shape index (κ3) is 4.94. The fourth-order valence-corrected chi connectivity index (χ4v) is 2.44. The predicted octanol–water partition coefficient (Wildman–Crippen LogP) is 3.11. The molecule has 0 radical (unpaired) electrons. The maximum absolute atomic E-state index is 11.8. The summed E-state index contributed by atoms with van der Waals surface area (Å²) in [6.07, 6.45) is 3.88. The second kappa shape index (κ2) is 8.86. The highest BCUT2D eigenvalue weighted by Crippen LogP contribution is 2.15. The SMILES string of the molecule is CCCN(CCC)c1ccc(/C=N\NC(=O)c2cc(C)[nH]n2)cc1. The number of hydrogen-bond donors (Lipinski definition) is 2. The summed E-state index contributed by atoms with van der Waals surface area (Å²) in [7, 11) is 0. The number of hydrazone groups is 1. The number of carbonyl (C=O) groups is 1. The molecule has 0 bridgehead atoms. The molecule has 6 heteroatoms. The van der Waals surface area contributed by atoms with Gasteiger partial charge in [0, 0.05) is 24.5 Å². The number of rotatable bonds is 8. The van der Waals surface area contributed by atoms with E-state index in [-0.39, 0.29) is 5.91 Å². The van der Waals surface area contributed by atoms with Gasteiger partial charge >= 0.3 is 0 Å². The molecule has 1 aromatic heterocycles. The predicted molar refractivity (Wildman–Crippen MR) is 97.6 cm³/mol. The van der Waals surface area contributed by atoms with Crippen molar-refractivity contribution in [3.05, 3.63) is 47.3 Å². The van der Waals surface area contributed by atoms with Gasteiger partial charge in [0.1, 0.15) is 0 Å². The molecule has 0 aliphatic heterocycles. The first-order chi connectivity index (χ1) is 11.6. The van der Waals surface area contributed by atoms with Crippen molar-refractivity contribution in [3.63, 3.8) is 0 Å². The summed E-state index contributed by atoms with van der Waals surface area (Å²) >= 11 is 0. The maximum Gasteiger partial charge on any atom is 0.291 e. The van der Waals surface area contributed by atoms with E-state index in [1.165, 1.54) is 5.69 Å². The summed E-state index contributed by atoms with van der Waals surface area (Å²) in [6.45, 7) is 8.33. The molecule has 1 amide bonds. The number of carbonyl (C=O) groups excluding carboxylic acids is 1. The van der Waals surface area contributed by atoms with Crippen LogP contribution in [0.15, 0.2) is 35.4 Å². The van der Waals surface area contributed by atoms with Crippen LogP contribution in [0.4, 0.5) is 5.69 Å². The Labute approximate surface area is 143 Å². The van der Waals surface area contributed by atoms with Gasteiger partial charge in [-0.25, -0.2) is 5.43 Å². The van der Waals surface area contributed by atoms with Crippen LogP contribution in [0.5, 0.6) is 0 Å². The number of benzene rings is 1. The summed E-state index contributed by atoms with van der Waals surface area (Å²) in [5.74, 6) is -0.329. The van der Waals surface area contributed by atoms with Crippen molar-refractivity contribution >= 4 is 17.8 Å². The Balaban J connectivity index is 1.94. The Morgan fingerprint density at radius 3 is 2.46 bits per heavy atom. The number of H-pyrrole nitrogens is 1. The van der Waals surface area contributed by atoms with Gasteiger partial charge in [0.25, 0.3) is 5.91 Å². The summed E-state index contributed by atoms with van der Waals surface area (Å²) in [5, 5.41) is 10.6. The molecular weight excluding hydrogens is 302 g/mol. The Bertz CT molecular complexity index is 669. The zero-order chi connectivity index (χ0) is 17.4. The van der Waals surface area contributed by atoms with Crippen LogP contribution in [0.25, 0.3) is 0 Å². The molecule has 0 unspecified atom stereocenters. The molecule has 128 valence electrons. The highest BCUT2D eigenvalue weighted by atomic mass is 16.2. The van der Waals surface area contributed by atoms with Crippen molar-refractivity contribution in [2.45, 2.75) is 33.6 Å². The smallest absolute Gasteiger partial charge is 0.291 e. The van der Waals surface area contributed by atoms with Gasteiger partial charge < -0.3 is 4.90 Å². The number of hydrogen-bond acceptors (Lipinski definition) is 4. The number of aromatic amines is 1. The second-order valence-corrected chi connectivity index (χ2v) is 5.71. The molecule has 24 heavy (non-hydrogen) atoms. The lowest BCUT2D eigenvalue weighted by Crippen LogP contribution is -2.24. The number of nitrogens with one attached hydrogen (secondary N) is 2. The van der Waals surface area contributed by atoms with Crippen molar-refractivity contribution in [1.82, 2.24) is 15.6 Å². The van der Waals surface area contributed by atoms with E-state index in [0.29, 0.717) is 5.69 Å². The number of aryl methyl sites for hydroxylation is 1. The van der Waals surface area contributed by atoms with Crippen LogP contribution in [0.3, 0.4) is 0 Å². The van der Waals surface area contributed by atoms with Crippen LogP contribution in [-0.2, 0) is 0 Å². The third-order valence-electron chi connectivity index (χ3n) is 3.56. The lowest BCUT2D eigenvalue weighted by molar-refractivity contribution is 0.0950. The van der Waals surface area contributed by atoms with E-state index in [1.54, 1.807) is 12.3 Å². The van der Waals surface area contributed by atoms with Crippen molar-refractivity contribution in [2.75, 3.05) is 18.0 Å². The van der Waals surface area contributed by atoms with Gasteiger partial charge in [0.05, 0.1) is 6.21 Å². The van der Waals surface area contributed by atoms with Crippen LogP contribution in [0.2, 0.25) is 0 Å². The molecule has 2 aromatic rings. The molecule has 0 saturated carbocycles. The summed E-state index contributed by atoms with van der Waals surface area (Å²) in [5.41, 5.74) is 5.79. The lowest BCUT2D eigenvalue weighted by Gasteiger charge is -2.23. The number of anilines is 1. The van der Waals surface area contributed by atoms with Gasteiger partial charge in [-0.15, -0.1) is 0 Å². The van der Waals surface area contributed by atoms with Gasteiger partial charge in [-0.2, -0.15) is 10.2 Å². The van der Waals surface area contributed by atoms with Crippen LogP contribution < -0.4 is 10.3 Å². The zero-order valence-corrected chi connectivity index (χ0v) is 14.5. The normalized spacial score (nSPS) is 11.0. The largest absolute Gasteiger partial charge is 0.372 e. The molecule has 0 spiro atoms. The van der Waals surface area contributed by atoms with Crippen molar-refractivity contribution in [1.29, 1.82) is 0 Å². The molecule has 2 rings (SSSR count). The third-order valence-corrected chi connectivity index (χ3v) is 3.56. The Kier molecular flexibility index (Phi) is 6.54. The second-order valence-electron chi connectivity index (χ2n) is 5.71. The fourth-order valence-electron chi connectivity index (χ4n) is 2.44. The first kappa shape index (κ1) is 17.7. The zero-order valence-electron chi connectivity index (χ0n) is 14.5. The average molecular weight is 327 g/mol. The highest BCUT2D eigenvalue weighted by Gasteiger charge is 2.07. The molecule has 0 aliphatic carbocycles. The Hall–Kier alpha value is -2.63. The van der Waals surface area contributed by atoms with E-state index in [2.05, 4.69) is 51.6 Å². The van der Waals surface area contributed by atoms with E-state index in [4.69, 9.17) is 0 Å². The molecular formula is C18H25N5O. The van der Waals surface area contributed by atoms with Gasteiger partial charge in [0.2, 0.25) is 0 Å². The van der Waals surface area contributed by atoms with Crippen LogP contribution >= 0.6 is 0 Å². The molecule has 2 N–H and O–H groups in total. The first-order valence-corrected chi connectivity index (χ1v) is 8.34. The van der Waals surface area contributed by atoms with Crippen molar-refractivity contribution < 1.29 is 4.79 Å². The van der Waals surface area contributed by atoms with Crippen LogP contribution in [0, 0.1) is 6.92 Å². The maximum atomic E-state index is 11.8. The fraction of sp³-hybridized carbons (Fsp3) is 0.389. The minimum Gasteiger partial charge on any atom is -0.372 e. The molecule has 6 nitrogen and oxygen atoms in total. The molecule has 1 heterocycles. The van der Waals surface area contributed by atoms with E-state index < -0.39 is 0 Å². The summed E-state index contributed by atoms with van der Waals surface area (Å²) in [4.78, 5) is 14.2. The van der Waals surface area contributed by atoms with Gasteiger partial charge in [-0.3, -0.25) is 9.89 Å². The Morgan fingerprint density at radius 2 is 1.92 bits per heavy atom. The summed E-state index contributed by atoms with van der Waals surface area (Å²) < 4.78 is 0. The number of nitrogens with zero attached hydrogens (tertiary/aromatic N) is 3. The summed E-state index contributed by atoms with van der Waals surface area (Å²) in [6, 6.07) is 9.86. The van der Waals surface area contributed by atoms with E-state index in [0.717, 1.165) is 37.2 Å². The van der Waals surface area contributed by atoms with Gasteiger partial charge in [-0.1, -0.05) is 26.0 Å². The van der Waals surface area contributed by atoms with Crippen LogP contribution in [-0.4, -0.2) is 35.4 Å². The van der Waals surface area contributed by atoms with E-state index >= 15 is 0 Å². The average Bonchev–Trinajstić information content (AvgIpc) is 3.02.